The zero-order chi connectivity index (χ0) is 8.27. The van der Waals surface area contributed by atoms with Gasteiger partial charge in [0.1, 0.15) is 5.82 Å². The maximum Gasteiger partial charge on any atom is 0.305 e. The van der Waals surface area contributed by atoms with Crippen molar-refractivity contribution in [3.8, 4) is 0 Å². The summed E-state index contributed by atoms with van der Waals surface area (Å²) in [5.74, 6) is -0.473. The summed E-state index contributed by atoms with van der Waals surface area (Å²) in [7, 11) is -0.242. The number of aliphatic hydroxyl groups excluding tert-OH is 1. The Kier molecular flexibility index (Phi) is 2.62. The fraction of sp³-hybridized carbons (Fsp3) is 0.143. The third-order valence-electron chi connectivity index (χ3n) is 1.54. The van der Waals surface area contributed by atoms with E-state index in [1.54, 1.807) is 6.07 Å². The summed E-state index contributed by atoms with van der Waals surface area (Å²) in [5.41, 5.74) is 0.613. The van der Waals surface area contributed by atoms with E-state index in [1.807, 2.05) is 0 Å². The second kappa shape index (κ2) is 3.50. The van der Waals surface area contributed by atoms with Crippen LogP contribution in [-0.4, -0.2) is 17.6 Å². The third kappa shape index (κ3) is 1.58. The summed E-state index contributed by atoms with van der Waals surface area (Å²) >= 11 is 0. The molecule has 0 radical (unpaired) electrons. The van der Waals surface area contributed by atoms with E-state index >= 15 is 0 Å². The van der Waals surface area contributed by atoms with Crippen molar-refractivity contribution in [2.75, 3.05) is 0 Å². The average Bonchev–Trinajstić information content (AvgIpc) is 2.04. The van der Waals surface area contributed by atoms with E-state index in [4.69, 9.17) is 10.1 Å². The fourth-order valence-corrected chi connectivity index (χ4v) is 0.929. The Balaban J connectivity index is 3.13. The molecule has 0 saturated carbocycles. The molecule has 0 atom stereocenters. The highest BCUT2D eigenvalue weighted by molar-refractivity contribution is 6.46. The van der Waals surface area contributed by atoms with Gasteiger partial charge in [0.05, 0.1) is 6.61 Å². The van der Waals surface area contributed by atoms with Crippen molar-refractivity contribution in [2.45, 2.75) is 6.61 Å². The van der Waals surface area contributed by atoms with Crippen molar-refractivity contribution in [1.82, 2.24) is 0 Å². The van der Waals surface area contributed by atoms with Gasteiger partial charge in [0.15, 0.2) is 0 Å². The molecule has 1 aromatic rings. The van der Waals surface area contributed by atoms with Gasteiger partial charge in [-0.25, -0.2) is 4.39 Å². The van der Waals surface area contributed by atoms with Gasteiger partial charge in [0.2, 0.25) is 0 Å². The van der Waals surface area contributed by atoms with Crippen LogP contribution in [0.15, 0.2) is 18.2 Å². The average molecular weight is 154 g/mol. The van der Waals surface area contributed by atoms with Crippen molar-refractivity contribution in [3.63, 3.8) is 0 Å². The number of hydrogen-bond donors (Lipinski definition) is 2. The van der Waals surface area contributed by atoms with Crippen LogP contribution in [0.4, 0.5) is 4.39 Å². The van der Waals surface area contributed by atoms with Gasteiger partial charge in [0.25, 0.3) is 0 Å². The SMILES string of the molecule is OBc1cccc(F)c1CO. The molecule has 0 unspecified atom stereocenters. The Morgan fingerprint density at radius 2 is 2.18 bits per heavy atom. The van der Waals surface area contributed by atoms with E-state index < -0.39 is 5.82 Å². The highest BCUT2D eigenvalue weighted by atomic mass is 19.1. The minimum atomic E-state index is -0.473. The van der Waals surface area contributed by atoms with E-state index in [1.165, 1.54) is 12.1 Å². The van der Waals surface area contributed by atoms with E-state index in [-0.39, 0.29) is 19.7 Å². The molecule has 2 N–H and O–H groups in total. The lowest BCUT2D eigenvalue weighted by atomic mass is 9.84. The quantitative estimate of drug-likeness (QED) is 0.552. The topological polar surface area (TPSA) is 40.5 Å². The molecule has 0 amide bonds. The molecule has 1 aromatic carbocycles. The summed E-state index contributed by atoms with van der Waals surface area (Å²) < 4.78 is 12.8. The minimum absolute atomic E-state index is 0.176. The Bertz CT molecular complexity index is 252. The maximum atomic E-state index is 12.8. The van der Waals surface area contributed by atoms with Gasteiger partial charge in [0, 0.05) is 5.56 Å². The Labute approximate surface area is 64.6 Å². The van der Waals surface area contributed by atoms with Crippen LogP contribution in [0.1, 0.15) is 5.56 Å². The molecule has 0 saturated heterocycles. The molecule has 0 aliphatic rings. The van der Waals surface area contributed by atoms with Crippen LogP contribution in [-0.2, 0) is 6.61 Å². The van der Waals surface area contributed by atoms with Crippen LogP contribution in [0.3, 0.4) is 0 Å². The molecule has 1 rings (SSSR count). The number of aliphatic hydroxyl groups is 1. The van der Waals surface area contributed by atoms with Crippen LogP contribution in [0.5, 0.6) is 0 Å². The standard InChI is InChI=1S/C7H8BFO2/c9-7-3-1-2-6(8-11)5(7)4-10/h1-3,8,10-11H,4H2. The molecule has 0 aliphatic carbocycles. The second-order valence-electron chi connectivity index (χ2n) is 2.19. The third-order valence-corrected chi connectivity index (χ3v) is 1.54. The van der Waals surface area contributed by atoms with Crippen LogP contribution in [0.25, 0.3) is 0 Å². The van der Waals surface area contributed by atoms with Crippen LogP contribution >= 0.6 is 0 Å². The minimum Gasteiger partial charge on any atom is -0.449 e. The summed E-state index contributed by atoms with van der Waals surface area (Å²) in [4.78, 5) is 0. The molecular weight excluding hydrogens is 146 g/mol. The van der Waals surface area contributed by atoms with Gasteiger partial charge in [-0.15, -0.1) is 0 Å². The first kappa shape index (κ1) is 8.23. The van der Waals surface area contributed by atoms with Crippen molar-refractivity contribution >= 4 is 12.9 Å². The highest BCUT2D eigenvalue weighted by Crippen LogP contribution is 2.02. The van der Waals surface area contributed by atoms with Crippen molar-refractivity contribution < 1.29 is 14.5 Å². The normalized spacial score (nSPS) is 9.73. The predicted molar refractivity (Wildman–Crippen MR) is 41.3 cm³/mol. The van der Waals surface area contributed by atoms with Gasteiger partial charge in [-0.05, 0) is 11.5 Å². The van der Waals surface area contributed by atoms with Crippen LogP contribution in [0, 0.1) is 5.82 Å². The Morgan fingerprint density at radius 3 is 2.64 bits per heavy atom. The molecule has 58 valence electrons. The van der Waals surface area contributed by atoms with Gasteiger partial charge >= 0.3 is 7.48 Å². The molecule has 0 bridgehead atoms. The molecule has 0 heterocycles. The molecule has 0 aromatic heterocycles. The highest BCUT2D eigenvalue weighted by Gasteiger charge is 2.05. The molecule has 0 spiro atoms. The molecule has 0 aliphatic heterocycles. The summed E-state index contributed by atoms with van der Waals surface area (Å²) in [6.07, 6.45) is 0. The first-order chi connectivity index (χ1) is 5.29. The summed E-state index contributed by atoms with van der Waals surface area (Å²) in [6.45, 7) is -0.372. The molecule has 0 fully saturated rings. The van der Waals surface area contributed by atoms with E-state index in [0.717, 1.165) is 0 Å². The fourth-order valence-electron chi connectivity index (χ4n) is 0.929. The van der Waals surface area contributed by atoms with Crippen LogP contribution < -0.4 is 5.46 Å². The number of benzene rings is 1. The number of halogens is 1. The second-order valence-corrected chi connectivity index (χ2v) is 2.19. The monoisotopic (exact) mass is 154 g/mol. The van der Waals surface area contributed by atoms with Gasteiger partial charge in [-0.3, -0.25) is 0 Å². The molecule has 11 heavy (non-hydrogen) atoms. The summed E-state index contributed by atoms with van der Waals surface area (Å²) in [5, 5.41) is 17.4. The smallest absolute Gasteiger partial charge is 0.305 e. The Hall–Kier alpha value is -0.865. The van der Waals surface area contributed by atoms with Crippen molar-refractivity contribution in [1.29, 1.82) is 0 Å². The van der Waals surface area contributed by atoms with E-state index in [2.05, 4.69) is 0 Å². The molecule has 2 nitrogen and oxygen atoms in total. The zero-order valence-electron chi connectivity index (χ0n) is 5.92. The summed E-state index contributed by atoms with van der Waals surface area (Å²) in [6, 6.07) is 4.33. The number of rotatable bonds is 2. The first-order valence-electron chi connectivity index (χ1n) is 3.27. The van der Waals surface area contributed by atoms with Crippen LogP contribution in [0.2, 0.25) is 0 Å². The van der Waals surface area contributed by atoms with Gasteiger partial charge < -0.3 is 10.1 Å². The van der Waals surface area contributed by atoms with Gasteiger partial charge in [-0.2, -0.15) is 0 Å². The zero-order valence-corrected chi connectivity index (χ0v) is 5.92. The van der Waals surface area contributed by atoms with E-state index in [9.17, 15) is 4.39 Å². The number of hydrogen-bond acceptors (Lipinski definition) is 2. The lowest BCUT2D eigenvalue weighted by Gasteiger charge is -2.03. The van der Waals surface area contributed by atoms with Gasteiger partial charge in [-0.1, -0.05) is 12.1 Å². The Morgan fingerprint density at radius 1 is 1.45 bits per heavy atom. The lowest BCUT2D eigenvalue weighted by molar-refractivity contribution is 0.277. The molecule has 4 heteroatoms. The predicted octanol–water partition coefficient (Wildman–Crippen LogP) is -0.713. The van der Waals surface area contributed by atoms with Crippen molar-refractivity contribution in [2.24, 2.45) is 0 Å². The first-order valence-corrected chi connectivity index (χ1v) is 3.27. The maximum absolute atomic E-state index is 12.8. The van der Waals surface area contributed by atoms with E-state index in [0.29, 0.717) is 5.46 Å². The van der Waals surface area contributed by atoms with Crippen molar-refractivity contribution in [3.05, 3.63) is 29.6 Å². The lowest BCUT2D eigenvalue weighted by Crippen LogP contribution is -2.20. The molecular formula is C7H8BFO2. The largest absolute Gasteiger partial charge is 0.449 e.